The van der Waals surface area contributed by atoms with Crippen molar-refractivity contribution in [3.63, 3.8) is 0 Å². The molecule has 0 aliphatic heterocycles. The van der Waals surface area contributed by atoms with E-state index in [1.54, 1.807) is 0 Å². The molecule has 0 saturated heterocycles. The van der Waals surface area contributed by atoms with Crippen LogP contribution in [0.25, 0.3) is 56.2 Å². The Morgan fingerprint density at radius 2 is 0.961 bits per heavy atom. The summed E-state index contributed by atoms with van der Waals surface area (Å²) in [5, 5.41) is 10.1. The minimum absolute atomic E-state index is 0.581. The maximum Gasteiger partial charge on any atom is 0.160 e. The van der Waals surface area contributed by atoms with Crippen LogP contribution in [0.2, 0.25) is 0 Å². The first kappa shape index (κ1) is 30.2. The van der Waals surface area contributed by atoms with Crippen molar-refractivity contribution in [3.8, 4) is 62.2 Å². The summed E-state index contributed by atoms with van der Waals surface area (Å²) >= 11 is 0. The number of rotatable bonds is 6. The third-order valence-electron chi connectivity index (χ3n) is 10.0. The third kappa shape index (κ3) is 4.97. The molecule has 3 nitrogen and oxygen atoms in total. The van der Waals surface area contributed by atoms with Crippen LogP contribution in [0, 0.1) is 11.3 Å². The molecule has 238 valence electrons. The van der Waals surface area contributed by atoms with Gasteiger partial charge in [-0.1, -0.05) is 170 Å². The van der Waals surface area contributed by atoms with Gasteiger partial charge in [-0.15, -0.1) is 0 Å². The molecule has 0 radical (unpaired) electrons. The van der Waals surface area contributed by atoms with Gasteiger partial charge in [0.25, 0.3) is 0 Å². The van der Waals surface area contributed by atoms with Crippen LogP contribution in [0.3, 0.4) is 0 Å². The maximum absolute atomic E-state index is 10.1. The first-order valence-corrected chi connectivity index (χ1v) is 17.1. The molecular formula is C48H31N3. The Bertz CT molecular complexity index is 2470. The molecular weight excluding hydrogens is 619 g/mol. The molecule has 0 bridgehead atoms. The van der Waals surface area contributed by atoms with Gasteiger partial charge in [0.05, 0.1) is 28.4 Å². The summed E-state index contributed by atoms with van der Waals surface area (Å²) in [5.74, 6) is 0.677. The van der Waals surface area contributed by atoms with Crippen LogP contribution >= 0.6 is 0 Å². The summed E-state index contributed by atoms with van der Waals surface area (Å²) in [6, 6.07) is 67.8. The van der Waals surface area contributed by atoms with Crippen LogP contribution in [-0.4, -0.2) is 9.97 Å². The fourth-order valence-corrected chi connectivity index (χ4v) is 7.84. The van der Waals surface area contributed by atoms with E-state index in [-0.39, 0.29) is 0 Å². The van der Waals surface area contributed by atoms with Gasteiger partial charge in [-0.25, -0.2) is 9.97 Å². The van der Waals surface area contributed by atoms with Gasteiger partial charge in [0, 0.05) is 16.7 Å². The molecule has 1 heterocycles. The van der Waals surface area contributed by atoms with Crippen LogP contribution in [0.4, 0.5) is 0 Å². The minimum Gasteiger partial charge on any atom is -0.228 e. The Morgan fingerprint density at radius 3 is 1.61 bits per heavy atom. The number of hydrogen-bond donors (Lipinski definition) is 0. The number of nitriles is 1. The topological polar surface area (TPSA) is 49.6 Å². The summed E-state index contributed by atoms with van der Waals surface area (Å²) in [5.41, 5.74) is 13.8. The van der Waals surface area contributed by atoms with Crippen LogP contribution in [0.1, 0.15) is 27.8 Å². The Balaban J connectivity index is 1.34. The van der Waals surface area contributed by atoms with Gasteiger partial charge in [-0.2, -0.15) is 5.26 Å². The summed E-state index contributed by atoms with van der Waals surface area (Å²) in [6.07, 6.45) is 0. The molecule has 0 fully saturated rings. The largest absolute Gasteiger partial charge is 0.228 e. The monoisotopic (exact) mass is 649 g/mol. The lowest BCUT2D eigenvalue weighted by molar-refractivity contribution is 0.768. The Morgan fingerprint density at radius 1 is 0.412 bits per heavy atom. The molecule has 9 rings (SSSR count). The molecule has 0 N–H and O–H groups in total. The number of hydrogen-bond acceptors (Lipinski definition) is 3. The van der Waals surface area contributed by atoms with Crippen molar-refractivity contribution in [2.24, 2.45) is 0 Å². The van der Waals surface area contributed by atoms with Crippen molar-refractivity contribution < 1.29 is 0 Å². The number of fused-ring (bicyclic) bond motifs is 3. The summed E-state index contributed by atoms with van der Waals surface area (Å²) in [6.45, 7) is 0. The van der Waals surface area contributed by atoms with Crippen molar-refractivity contribution >= 4 is 0 Å². The molecule has 0 spiro atoms. The average molecular weight is 650 g/mol. The third-order valence-corrected chi connectivity index (χ3v) is 10.0. The molecule has 0 unspecified atom stereocenters. The minimum atomic E-state index is -0.581. The zero-order chi connectivity index (χ0) is 34.2. The molecule has 7 aromatic carbocycles. The van der Waals surface area contributed by atoms with Gasteiger partial charge >= 0.3 is 0 Å². The van der Waals surface area contributed by atoms with Crippen LogP contribution in [-0.2, 0) is 5.41 Å². The predicted molar refractivity (Wildman–Crippen MR) is 206 cm³/mol. The summed E-state index contributed by atoms with van der Waals surface area (Å²) < 4.78 is 0. The second kappa shape index (κ2) is 12.5. The van der Waals surface area contributed by atoms with E-state index in [1.165, 1.54) is 22.3 Å². The standard InChI is InChI=1S/C48H31N3/c49-32-33-28-29-42-41(30-33)46-40(26-15-27-43(46)48(42,36-20-9-3-10-21-36)37-22-11-4-12-23-37)38-24-13-14-25-39(38)45-31-44(34-16-5-1-6-17-34)50-47(51-45)35-18-7-2-8-19-35/h1-31H. The number of benzene rings is 7. The SMILES string of the molecule is N#Cc1ccc2c(c1)-c1c(-c3ccccc3-c3cc(-c4ccccc4)nc(-c4ccccc4)n3)cccc1C2(c1ccccc1)c1ccccc1. The highest BCUT2D eigenvalue weighted by Crippen LogP contribution is 2.58. The molecule has 1 aliphatic carbocycles. The summed E-state index contributed by atoms with van der Waals surface area (Å²) in [7, 11) is 0. The number of nitrogens with zero attached hydrogens (tertiary/aromatic N) is 3. The molecule has 3 heteroatoms. The van der Waals surface area contributed by atoms with Gasteiger partial charge in [0.2, 0.25) is 0 Å². The van der Waals surface area contributed by atoms with E-state index in [0.717, 1.165) is 50.3 Å². The quantitative estimate of drug-likeness (QED) is 0.180. The second-order valence-electron chi connectivity index (χ2n) is 12.8. The van der Waals surface area contributed by atoms with Crippen molar-refractivity contribution in [3.05, 3.63) is 216 Å². The highest BCUT2D eigenvalue weighted by Gasteiger charge is 2.47. The lowest BCUT2D eigenvalue weighted by Crippen LogP contribution is -2.28. The molecule has 0 saturated carbocycles. The normalized spacial score (nSPS) is 12.5. The zero-order valence-corrected chi connectivity index (χ0v) is 27.7. The first-order valence-electron chi connectivity index (χ1n) is 17.1. The van der Waals surface area contributed by atoms with Gasteiger partial charge in [-0.3, -0.25) is 0 Å². The molecule has 0 atom stereocenters. The van der Waals surface area contributed by atoms with E-state index < -0.39 is 5.41 Å². The van der Waals surface area contributed by atoms with Gasteiger partial charge in [0.15, 0.2) is 5.82 Å². The van der Waals surface area contributed by atoms with Crippen molar-refractivity contribution in [1.29, 1.82) is 5.26 Å². The molecule has 8 aromatic rings. The molecule has 0 amide bonds. The first-order chi connectivity index (χ1) is 25.3. The lowest BCUT2D eigenvalue weighted by Gasteiger charge is -2.34. The van der Waals surface area contributed by atoms with Gasteiger partial charge in [0.1, 0.15) is 0 Å². The fraction of sp³-hybridized carbons (Fsp3) is 0.0208. The van der Waals surface area contributed by atoms with E-state index in [4.69, 9.17) is 9.97 Å². The molecule has 1 aliphatic rings. The molecule has 1 aromatic heterocycles. The molecule has 51 heavy (non-hydrogen) atoms. The predicted octanol–water partition coefficient (Wildman–Crippen LogP) is 11.4. The van der Waals surface area contributed by atoms with Crippen molar-refractivity contribution in [2.75, 3.05) is 0 Å². The van der Waals surface area contributed by atoms with E-state index in [9.17, 15) is 5.26 Å². The van der Waals surface area contributed by atoms with E-state index >= 15 is 0 Å². The average Bonchev–Trinajstić information content (AvgIpc) is 3.52. The Kier molecular flexibility index (Phi) is 7.42. The highest BCUT2D eigenvalue weighted by molar-refractivity contribution is 5.99. The van der Waals surface area contributed by atoms with E-state index in [1.807, 2.05) is 42.5 Å². The fourth-order valence-electron chi connectivity index (χ4n) is 7.84. The van der Waals surface area contributed by atoms with Gasteiger partial charge < -0.3 is 0 Å². The van der Waals surface area contributed by atoms with Crippen LogP contribution in [0.5, 0.6) is 0 Å². The second-order valence-corrected chi connectivity index (χ2v) is 12.8. The Labute approximate surface area is 297 Å². The summed E-state index contributed by atoms with van der Waals surface area (Å²) in [4.78, 5) is 10.3. The van der Waals surface area contributed by atoms with Crippen molar-refractivity contribution in [1.82, 2.24) is 9.97 Å². The van der Waals surface area contributed by atoms with Crippen LogP contribution in [0.15, 0.2) is 188 Å². The Hall–Kier alpha value is -6.89. The lowest BCUT2D eigenvalue weighted by atomic mass is 9.67. The van der Waals surface area contributed by atoms with Gasteiger partial charge in [-0.05, 0) is 62.7 Å². The van der Waals surface area contributed by atoms with Crippen molar-refractivity contribution in [2.45, 2.75) is 5.41 Å². The zero-order valence-electron chi connectivity index (χ0n) is 27.7. The smallest absolute Gasteiger partial charge is 0.160 e. The maximum atomic E-state index is 10.1. The highest BCUT2D eigenvalue weighted by atomic mass is 14.9. The van der Waals surface area contributed by atoms with E-state index in [0.29, 0.717) is 11.4 Å². The number of aromatic nitrogens is 2. The van der Waals surface area contributed by atoms with E-state index in [2.05, 4.69) is 152 Å². The van der Waals surface area contributed by atoms with Crippen LogP contribution < -0.4 is 0 Å².